The van der Waals surface area contributed by atoms with Crippen molar-refractivity contribution in [1.29, 1.82) is 4.78 Å². The first-order valence-electron chi connectivity index (χ1n) is 11.6. The van der Waals surface area contributed by atoms with E-state index >= 15 is 4.39 Å². The van der Waals surface area contributed by atoms with Gasteiger partial charge in [-0.15, -0.1) is 0 Å². The number of nitrogens with one attached hydrogen (secondary N) is 4. The lowest BCUT2D eigenvalue weighted by Crippen LogP contribution is -2.21. The average Bonchev–Trinajstić information content (AvgIpc) is 2.91. The molecule has 1 unspecified atom stereocenters. The molecule has 0 fully saturated rings. The summed E-state index contributed by atoms with van der Waals surface area (Å²) in [6, 6.07) is 14.0. The molecule has 0 bridgehead atoms. The summed E-state index contributed by atoms with van der Waals surface area (Å²) in [7, 11) is -4.25. The summed E-state index contributed by atoms with van der Waals surface area (Å²) < 4.78 is 63.0. The van der Waals surface area contributed by atoms with Gasteiger partial charge in [0.2, 0.25) is 5.95 Å². The Balaban J connectivity index is 1.66. The van der Waals surface area contributed by atoms with Gasteiger partial charge in [-0.2, -0.15) is 4.98 Å². The topological polar surface area (TPSA) is 157 Å². The monoisotopic (exact) mass is 750 g/mol. The van der Waals surface area contributed by atoms with E-state index in [1.165, 1.54) is 36.5 Å². The van der Waals surface area contributed by atoms with Gasteiger partial charge in [-0.1, -0.05) is 41.4 Å². The molecule has 0 saturated heterocycles. The van der Waals surface area contributed by atoms with E-state index in [4.69, 9.17) is 28.0 Å². The van der Waals surface area contributed by atoms with Crippen LogP contribution in [0.25, 0.3) is 11.1 Å². The Hall–Kier alpha value is -2.76. The van der Waals surface area contributed by atoms with Crippen LogP contribution in [0.4, 0.5) is 27.5 Å². The van der Waals surface area contributed by atoms with Gasteiger partial charge in [-0.25, -0.2) is 26.8 Å². The highest BCUT2D eigenvalue weighted by atomic mass is 127. The van der Waals surface area contributed by atoms with E-state index in [1.807, 2.05) is 0 Å². The average molecular weight is 751 g/mol. The zero-order valence-corrected chi connectivity index (χ0v) is 26.3. The van der Waals surface area contributed by atoms with Crippen molar-refractivity contribution in [2.24, 2.45) is 0 Å². The van der Waals surface area contributed by atoms with Crippen LogP contribution >= 0.6 is 44.4 Å². The predicted molar refractivity (Wildman–Crippen MR) is 168 cm³/mol. The zero-order chi connectivity index (χ0) is 29.9. The van der Waals surface area contributed by atoms with E-state index in [9.17, 15) is 17.7 Å². The van der Waals surface area contributed by atoms with Crippen molar-refractivity contribution in [3.05, 3.63) is 82.7 Å². The van der Waals surface area contributed by atoms with Gasteiger partial charge in [-0.3, -0.25) is 4.72 Å². The molecule has 4 aromatic rings. The van der Waals surface area contributed by atoms with Crippen LogP contribution in [0, 0.1) is 10.6 Å². The van der Waals surface area contributed by atoms with Gasteiger partial charge in [0.25, 0.3) is 10.0 Å². The van der Waals surface area contributed by atoms with Crippen LogP contribution in [0.3, 0.4) is 0 Å². The third kappa shape index (κ3) is 7.55. The van der Waals surface area contributed by atoms with E-state index in [0.717, 1.165) is 6.07 Å². The number of halogens is 4. The summed E-state index contributed by atoms with van der Waals surface area (Å²) in [6.45, 7) is -1.47. The van der Waals surface area contributed by atoms with Gasteiger partial charge in [0.15, 0.2) is 0 Å². The molecule has 0 amide bonds. The molecule has 1 aromatic heterocycles. The molecule has 0 aliphatic rings. The molecule has 1 heterocycles. The maximum Gasteiger partial charge on any atom is 0.263 e. The first-order valence-corrected chi connectivity index (χ1v) is 18.0. The fourth-order valence-corrected chi connectivity index (χ4v) is 6.75. The highest BCUT2D eigenvalue weighted by Crippen LogP contribution is 2.33. The van der Waals surface area contributed by atoms with Crippen molar-refractivity contribution >= 4 is 84.5 Å². The Bertz CT molecular complexity index is 1830. The summed E-state index contributed by atoms with van der Waals surface area (Å²) in [4.78, 5) is 8.78. The van der Waals surface area contributed by atoms with E-state index in [1.54, 1.807) is 52.4 Å². The molecule has 41 heavy (non-hydrogen) atoms. The van der Waals surface area contributed by atoms with E-state index in [-0.39, 0.29) is 39.0 Å². The summed E-state index contributed by atoms with van der Waals surface area (Å²) >= 11 is 13.5. The summed E-state index contributed by atoms with van der Waals surface area (Å²) in [5.41, 5.74) is 0.877. The smallest absolute Gasteiger partial charge is 0.263 e. The minimum absolute atomic E-state index is 0.0363. The lowest BCUT2D eigenvalue weighted by atomic mass is 10.1. The SMILES string of the molecule is C[C@H](CO)Nc1nc(Nc2cccc(S(=N)(=O)I)c2)ncc1-c1ccc(NS(=O)(=O)c2cccc(Cl)c2Cl)c(F)c1. The normalized spacial score (nSPS) is 13.7. The largest absolute Gasteiger partial charge is 0.394 e. The zero-order valence-electron chi connectivity index (χ0n) is 21.0. The Morgan fingerprint density at radius 2 is 1.83 bits per heavy atom. The van der Waals surface area contributed by atoms with E-state index in [0.29, 0.717) is 21.7 Å². The molecule has 0 saturated carbocycles. The van der Waals surface area contributed by atoms with Crippen molar-refractivity contribution in [2.45, 2.75) is 22.8 Å². The number of hydrogen-bond donors (Lipinski definition) is 5. The molecule has 0 spiro atoms. The Morgan fingerprint density at radius 1 is 1.10 bits per heavy atom. The third-order valence-electron chi connectivity index (χ3n) is 5.57. The molecular formula is C25H22Cl2FIN6O4S2. The molecular weight excluding hydrogens is 729 g/mol. The minimum Gasteiger partial charge on any atom is -0.394 e. The lowest BCUT2D eigenvalue weighted by Gasteiger charge is -2.17. The second kappa shape index (κ2) is 12.6. The van der Waals surface area contributed by atoms with Crippen LogP contribution in [0.15, 0.2) is 76.7 Å². The van der Waals surface area contributed by atoms with Crippen molar-refractivity contribution in [3.63, 3.8) is 0 Å². The van der Waals surface area contributed by atoms with Gasteiger partial charge in [0, 0.05) is 44.7 Å². The summed E-state index contributed by atoms with van der Waals surface area (Å²) in [6.07, 6.45) is 1.43. The first kappa shape index (κ1) is 31.2. The van der Waals surface area contributed by atoms with Gasteiger partial charge >= 0.3 is 0 Å². The Morgan fingerprint density at radius 3 is 2.51 bits per heavy atom. The third-order valence-corrected chi connectivity index (χ3v) is 10.3. The van der Waals surface area contributed by atoms with Gasteiger partial charge in [0.05, 0.1) is 27.2 Å². The maximum atomic E-state index is 15.2. The molecule has 0 aliphatic carbocycles. The molecule has 16 heteroatoms. The molecule has 0 radical (unpaired) electrons. The van der Waals surface area contributed by atoms with Crippen LogP contribution in [0.1, 0.15) is 6.92 Å². The standard InChI is InChI=1S/C25H22Cl2FIN6O4S2/c1-14(13-36)32-24-18(12-31-25(34-24)33-16-4-2-5-17(11-16)40(29,30)37)15-8-9-21(20(28)10-15)35-41(38,39)22-7-3-6-19(26)23(22)27/h2-12,14,30,35-36H,13H2,1H3,(H2,31,32,33,34)/t14-,40?/m1/s1. The summed E-state index contributed by atoms with van der Waals surface area (Å²) in [5, 5.41) is 15.5. The number of aliphatic hydroxyl groups excluding tert-OH is 1. The molecule has 5 N–H and O–H groups in total. The fraction of sp³-hybridized carbons (Fsp3) is 0.120. The van der Waals surface area contributed by atoms with Crippen LogP contribution in [0.5, 0.6) is 0 Å². The van der Waals surface area contributed by atoms with E-state index in [2.05, 4.69) is 25.3 Å². The van der Waals surface area contributed by atoms with Crippen molar-refractivity contribution < 1.29 is 22.1 Å². The Labute approximate surface area is 258 Å². The van der Waals surface area contributed by atoms with Gasteiger partial charge < -0.3 is 15.7 Å². The van der Waals surface area contributed by atoms with Crippen molar-refractivity contribution in [3.8, 4) is 11.1 Å². The van der Waals surface area contributed by atoms with Crippen LogP contribution < -0.4 is 15.4 Å². The van der Waals surface area contributed by atoms with Crippen LogP contribution in [-0.2, 0) is 16.9 Å². The lowest BCUT2D eigenvalue weighted by molar-refractivity contribution is 0.281. The predicted octanol–water partition coefficient (Wildman–Crippen LogP) is 6.68. The highest BCUT2D eigenvalue weighted by Gasteiger charge is 2.22. The van der Waals surface area contributed by atoms with E-state index < -0.39 is 28.8 Å². The van der Waals surface area contributed by atoms with Crippen LogP contribution in [0.2, 0.25) is 10.0 Å². The second-order valence-electron chi connectivity index (χ2n) is 8.67. The molecule has 2 atom stereocenters. The quantitative estimate of drug-likeness (QED) is 0.0888. The number of nitrogens with zero attached hydrogens (tertiary/aromatic N) is 2. The van der Waals surface area contributed by atoms with Gasteiger partial charge in [0.1, 0.15) is 23.4 Å². The summed E-state index contributed by atoms with van der Waals surface area (Å²) in [5.74, 6) is -0.467. The fourth-order valence-electron chi connectivity index (χ4n) is 3.57. The number of sulfonamides is 1. The van der Waals surface area contributed by atoms with Crippen molar-refractivity contribution in [2.75, 3.05) is 22.0 Å². The Kier molecular flexibility index (Phi) is 9.60. The number of anilines is 4. The number of hydrogen-bond acceptors (Lipinski definition) is 9. The van der Waals surface area contributed by atoms with Crippen molar-refractivity contribution in [1.82, 2.24) is 9.97 Å². The molecule has 4 rings (SSSR count). The number of aromatic nitrogens is 2. The first-order chi connectivity index (χ1) is 19.3. The molecule has 3 aromatic carbocycles. The number of rotatable bonds is 10. The molecule has 0 aliphatic heterocycles. The molecule has 10 nitrogen and oxygen atoms in total. The maximum absolute atomic E-state index is 15.2. The van der Waals surface area contributed by atoms with Crippen LogP contribution in [-0.4, -0.2) is 40.3 Å². The second-order valence-corrected chi connectivity index (χ2v) is 16.3. The van der Waals surface area contributed by atoms with Gasteiger partial charge in [-0.05, 0) is 55.0 Å². The minimum atomic E-state index is -4.25. The number of aliphatic hydroxyl groups is 1. The highest BCUT2D eigenvalue weighted by molar-refractivity contribution is 14.2. The number of benzene rings is 3. The molecule has 216 valence electrons.